The molecule has 1 aromatic heterocycles. The van der Waals surface area contributed by atoms with E-state index in [1.807, 2.05) is 37.7 Å². The standard InChI is InChI=1S/C11H19N3O2/c1-11(2,3)14(10(15)16)9-5-8-13-7-4-6-12-13/h4,6-7H,5,8-9H2,1-3H3,(H,15,16). The summed E-state index contributed by atoms with van der Waals surface area (Å²) >= 11 is 0. The second-order valence-electron chi connectivity index (χ2n) is 4.73. The highest BCUT2D eigenvalue weighted by atomic mass is 16.4. The number of nitrogens with zero attached hydrogens (tertiary/aromatic N) is 3. The molecule has 5 heteroatoms. The maximum absolute atomic E-state index is 11.0. The van der Waals surface area contributed by atoms with Crippen molar-refractivity contribution in [2.45, 2.75) is 39.3 Å². The Balaban J connectivity index is 2.42. The lowest BCUT2D eigenvalue weighted by Crippen LogP contribution is -2.45. The molecular formula is C11H19N3O2. The minimum atomic E-state index is -0.868. The Morgan fingerprint density at radius 3 is 2.62 bits per heavy atom. The summed E-state index contributed by atoms with van der Waals surface area (Å²) in [4.78, 5) is 12.5. The first-order valence-corrected chi connectivity index (χ1v) is 5.39. The summed E-state index contributed by atoms with van der Waals surface area (Å²) in [6.07, 6.45) is 3.50. The van der Waals surface area contributed by atoms with Crippen molar-refractivity contribution < 1.29 is 9.90 Å². The summed E-state index contributed by atoms with van der Waals surface area (Å²) in [6, 6.07) is 1.86. The zero-order valence-corrected chi connectivity index (χ0v) is 10.1. The molecule has 0 fully saturated rings. The zero-order valence-electron chi connectivity index (χ0n) is 10.1. The quantitative estimate of drug-likeness (QED) is 0.853. The Morgan fingerprint density at radius 2 is 2.19 bits per heavy atom. The monoisotopic (exact) mass is 225 g/mol. The molecule has 0 bridgehead atoms. The predicted molar refractivity (Wildman–Crippen MR) is 61.3 cm³/mol. The second-order valence-corrected chi connectivity index (χ2v) is 4.73. The van der Waals surface area contributed by atoms with Gasteiger partial charge in [0.25, 0.3) is 0 Å². The first-order valence-electron chi connectivity index (χ1n) is 5.39. The first kappa shape index (κ1) is 12.5. The van der Waals surface area contributed by atoms with Crippen molar-refractivity contribution in [2.75, 3.05) is 6.54 Å². The fourth-order valence-corrected chi connectivity index (χ4v) is 1.54. The van der Waals surface area contributed by atoms with Gasteiger partial charge in [0, 0.05) is 31.0 Å². The van der Waals surface area contributed by atoms with Crippen LogP contribution in [0.1, 0.15) is 27.2 Å². The Hall–Kier alpha value is -1.52. The molecule has 0 aromatic carbocycles. The van der Waals surface area contributed by atoms with Gasteiger partial charge in [-0.2, -0.15) is 5.10 Å². The highest BCUT2D eigenvalue weighted by Gasteiger charge is 2.25. The smallest absolute Gasteiger partial charge is 0.407 e. The van der Waals surface area contributed by atoms with E-state index in [0.29, 0.717) is 6.54 Å². The van der Waals surface area contributed by atoms with Gasteiger partial charge in [0.2, 0.25) is 0 Å². The summed E-state index contributed by atoms with van der Waals surface area (Å²) in [7, 11) is 0. The van der Waals surface area contributed by atoms with Gasteiger partial charge in [0.15, 0.2) is 0 Å². The van der Waals surface area contributed by atoms with Crippen LogP contribution in [0.5, 0.6) is 0 Å². The van der Waals surface area contributed by atoms with Gasteiger partial charge in [-0.1, -0.05) is 0 Å². The molecule has 0 spiro atoms. The molecule has 1 amide bonds. The molecule has 0 aliphatic rings. The molecule has 90 valence electrons. The number of carboxylic acid groups (broad SMARTS) is 1. The van der Waals surface area contributed by atoms with Crippen molar-refractivity contribution in [3.8, 4) is 0 Å². The molecule has 1 heterocycles. The predicted octanol–water partition coefficient (Wildman–Crippen LogP) is 2.05. The molecule has 0 radical (unpaired) electrons. The van der Waals surface area contributed by atoms with Crippen LogP contribution in [-0.2, 0) is 6.54 Å². The number of aromatic nitrogens is 2. The molecule has 0 aliphatic heterocycles. The first-order chi connectivity index (χ1) is 7.41. The van der Waals surface area contributed by atoms with Crippen LogP contribution in [0.25, 0.3) is 0 Å². The number of hydrogen-bond acceptors (Lipinski definition) is 2. The fourth-order valence-electron chi connectivity index (χ4n) is 1.54. The third-order valence-corrected chi connectivity index (χ3v) is 2.37. The third kappa shape index (κ3) is 3.56. The lowest BCUT2D eigenvalue weighted by atomic mass is 10.1. The maximum Gasteiger partial charge on any atom is 0.407 e. The summed E-state index contributed by atoms with van der Waals surface area (Å²) in [6.45, 7) is 6.96. The SMILES string of the molecule is CC(C)(C)N(CCCn1cccn1)C(=O)O. The summed E-state index contributed by atoms with van der Waals surface area (Å²) in [5.41, 5.74) is -0.351. The minimum Gasteiger partial charge on any atom is -0.465 e. The van der Waals surface area contributed by atoms with Gasteiger partial charge in [0.1, 0.15) is 0 Å². The van der Waals surface area contributed by atoms with E-state index in [1.165, 1.54) is 4.90 Å². The fraction of sp³-hybridized carbons (Fsp3) is 0.636. The highest BCUT2D eigenvalue weighted by Crippen LogP contribution is 2.13. The van der Waals surface area contributed by atoms with E-state index in [9.17, 15) is 4.79 Å². The van der Waals surface area contributed by atoms with Gasteiger partial charge in [-0.25, -0.2) is 4.79 Å². The Morgan fingerprint density at radius 1 is 1.50 bits per heavy atom. The van der Waals surface area contributed by atoms with Crippen molar-refractivity contribution in [3.05, 3.63) is 18.5 Å². The van der Waals surface area contributed by atoms with E-state index >= 15 is 0 Å². The molecule has 0 saturated carbocycles. The van der Waals surface area contributed by atoms with Crippen LogP contribution >= 0.6 is 0 Å². The van der Waals surface area contributed by atoms with Gasteiger partial charge < -0.3 is 10.0 Å². The molecule has 0 aliphatic carbocycles. The van der Waals surface area contributed by atoms with Crippen LogP contribution in [-0.4, -0.2) is 38.0 Å². The van der Waals surface area contributed by atoms with Crippen molar-refractivity contribution in [2.24, 2.45) is 0 Å². The van der Waals surface area contributed by atoms with Crippen LogP contribution in [0.4, 0.5) is 4.79 Å². The molecule has 16 heavy (non-hydrogen) atoms. The van der Waals surface area contributed by atoms with Crippen LogP contribution in [0.3, 0.4) is 0 Å². The molecule has 1 aromatic rings. The van der Waals surface area contributed by atoms with Gasteiger partial charge in [-0.3, -0.25) is 4.68 Å². The number of aryl methyl sites for hydroxylation is 1. The second kappa shape index (κ2) is 5.01. The van der Waals surface area contributed by atoms with Gasteiger partial charge in [0.05, 0.1) is 0 Å². The molecule has 1 N–H and O–H groups in total. The van der Waals surface area contributed by atoms with Gasteiger partial charge in [-0.05, 0) is 33.3 Å². The average molecular weight is 225 g/mol. The summed E-state index contributed by atoms with van der Waals surface area (Å²) in [5, 5.41) is 13.1. The van der Waals surface area contributed by atoms with E-state index in [4.69, 9.17) is 5.11 Å². The van der Waals surface area contributed by atoms with E-state index in [2.05, 4.69) is 5.10 Å². The Kier molecular flexibility index (Phi) is 3.93. The summed E-state index contributed by atoms with van der Waals surface area (Å²) < 4.78 is 1.81. The average Bonchev–Trinajstić information content (AvgIpc) is 2.61. The number of hydrogen-bond donors (Lipinski definition) is 1. The van der Waals surface area contributed by atoms with Crippen LogP contribution in [0.15, 0.2) is 18.5 Å². The Bertz CT molecular complexity index is 327. The lowest BCUT2D eigenvalue weighted by Gasteiger charge is -2.33. The van der Waals surface area contributed by atoms with E-state index in [1.54, 1.807) is 6.20 Å². The largest absolute Gasteiger partial charge is 0.465 e. The lowest BCUT2D eigenvalue weighted by molar-refractivity contribution is 0.0984. The molecule has 5 nitrogen and oxygen atoms in total. The van der Waals surface area contributed by atoms with Crippen LogP contribution < -0.4 is 0 Å². The van der Waals surface area contributed by atoms with Crippen molar-refractivity contribution in [1.82, 2.24) is 14.7 Å². The van der Waals surface area contributed by atoms with Crippen molar-refractivity contribution >= 4 is 6.09 Å². The maximum atomic E-state index is 11.0. The zero-order chi connectivity index (χ0) is 12.2. The molecule has 0 unspecified atom stereocenters. The van der Waals surface area contributed by atoms with Crippen molar-refractivity contribution in [1.29, 1.82) is 0 Å². The molecular weight excluding hydrogens is 206 g/mol. The normalized spacial score (nSPS) is 11.4. The van der Waals surface area contributed by atoms with E-state index < -0.39 is 6.09 Å². The minimum absolute atomic E-state index is 0.351. The molecule has 0 saturated heterocycles. The van der Waals surface area contributed by atoms with Crippen LogP contribution in [0, 0.1) is 0 Å². The number of rotatable bonds is 4. The van der Waals surface area contributed by atoms with Gasteiger partial charge in [-0.15, -0.1) is 0 Å². The van der Waals surface area contributed by atoms with Crippen LogP contribution in [0.2, 0.25) is 0 Å². The number of amides is 1. The molecule has 1 rings (SSSR count). The van der Waals surface area contributed by atoms with Crippen molar-refractivity contribution in [3.63, 3.8) is 0 Å². The highest BCUT2D eigenvalue weighted by molar-refractivity contribution is 5.65. The Labute approximate surface area is 95.7 Å². The summed E-state index contributed by atoms with van der Waals surface area (Å²) in [5.74, 6) is 0. The topological polar surface area (TPSA) is 58.4 Å². The van der Waals surface area contributed by atoms with E-state index in [-0.39, 0.29) is 5.54 Å². The third-order valence-electron chi connectivity index (χ3n) is 2.37. The van der Waals surface area contributed by atoms with Gasteiger partial charge >= 0.3 is 6.09 Å². The van der Waals surface area contributed by atoms with E-state index in [0.717, 1.165) is 13.0 Å². The number of carbonyl (C=O) groups is 1. The molecule has 0 atom stereocenters.